The van der Waals surface area contributed by atoms with Gasteiger partial charge >= 0.3 is 0 Å². The lowest BCUT2D eigenvalue weighted by atomic mass is 10.1. The molecule has 0 saturated heterocycles. The predicted molar refractivity (Wildman–Crippen MR) is 54.6 cm³/mol. The Morgan fingerprint density at radius 3 is 2.64 bits per heavy atom. The normalized spacial score (nSPS) is 12.6. The Labute approximate surface area is 84.3 Å². The average Bonchev–Trinajstić information content (AvgIpc) is 2.19. The van der Waals surface area contributed by atoms with Crippen LogP contribution in [0.5, 0.6) is 5.75 Å². The van der Waals surface area contributed by atoms with E-state index >= 15 is 0 Å². The molecule has 0 aliphatic heterocycles. The van der Waals surface area contributed by atoms with Gasteiger partial charge in [0.15, 0.2) is 0 Å². The maximum absolute atomic E-state index is 9.65. The van der Waals surface area contributed by atoms with Crippen molar-refractivity contribution in [1.29, 1.82) is 0 Å². The number of rotatable bonds is 4. The van der Waals surface area contributed by atoms with Gasteiger partial charge in [-0.3, -0.25) is 0 Å². The van der Waals surface area contributed by atoms with Crippen LogP contribution in [0.1, 0.15) is 17.2 Å². The molecule has 1 unspecified atom stereocenters. The lowest BCUT2D eigenvalue weighted by molar-refractivity contribution is 0.0642. The monoisotopic (exact) mass is 196 g/mol. The molecule has 0 aliphatic carbocycles. The summed E-state index contributed by atoms with van der Waals surface area (Å²) in [5, 5.41) is 9.65. The van der Waals surface area contributed by atoms with E-state index in [2.05, 4.69) is 0 Å². The average molecular weight is 196 g/mol. The quantitative estimate of drug-likeness (QED) is 0.796. The lowest BCUT2D eigenvalue weighted by Crippen LogP contribution is -2.05. The minimum atomic E-state index is -0.588. The molecule has 0 heterocycles. The molecular formula is C11H16O3. The molecule has 1 aromatic rings. The number of aliphatic hydroxyl groups is 1. The Hall–Kier alpha value is -1.06. The van der Waals surface area contributed by atoms with Crippen molar-refractivity contribution in [2.24, 2.45) is 0 Å². The molecule has 1 aromatic carbocycles. The standard InChI is InChI=1S/C11H16O3/c1-8-4-5-9(6-11(8)14-3)10(12)7-13-2/h4-6,10,12H,7H2,1-3H3. The molecule has 0 saturated carbocycles. The van der Waals surface area contributed by atoms with Crippen molar-refractivity contribution in [2.75, 3.05) is 20.8 Å². The molecule has 0 fully saturated rings. The first-order valence-corrected chi connectivity index (χ1v) is 4.50. The fraction of sp³-hybridized carbons (Fsp3) is 0.455. The van der Waals surface area contributed by atoms with E-state index in [1.807, 2.05) is 25.1 Å². The van der Waals surface area contributed by atoms with Crippen molar-refractivity contribution >= 4 is 0 Å². The fourth-order valence-electron chi connectivity index (χ4n) is 1.30. The maximum atomic E-state index is 9.65. The minimum Gasteiger partial charge on any atom is -0.496 e. The first-order chi connectivity index (χ1) is 6.69. The molecule has 0 spiro atoms. The van der Waals surface area contributed by atoms with Gasteiger partial charge in [-0.05, 0) is 24.1 Å². The van der Waals surface area contributed by atoms with Gasteiger partial charge in [-0.15, -0.1) is 0 Å². The Bertz CT molecular complexity index is 297. The van der Waals surface area contributed by atoms with Crippen molar-refractivity contribution in [3.8, 4) is 5.75 Å². The maximum Gasteiger partial charge on any atom is 0.122 e. The number of benzene rings is 1. The van der Waals surface area contributed by atoms with Crippen LogP contribution in [0, 0.1) is 6.92 Å². The summed E-state index contributed by atoms with van der Waals surface area (Å²) in [7, 11) is 3.18. The molecule has 78 valence electrons. The molecule has 1 rings (SSSR count). The summed E-state index contributed by atoms with van der Waals surface area (Å²) in [6.45, 7) is 2.26. The van der Waals surface area contributed by atoms with Gasteiger partial charge in [-0.1, -0.05) is 12.1 Å². The van der Waals surface area contributed by atoms with Gasteiger partial charge in [0.1, 0.15) is 11.9 Å². The van der Waals surface area contributed by atoms with Crippen molar-refractivity contribution in [1.82, 2.24) is 0 Å². The Morgan fingerprint density at radius 2 is 2.07 bits per heavy atom. The molecule has 0 aromatic heterocycles. The molecule has 0 bridgehead atoms. The van der Waals surface area contributed by atoms with Crippen LogP contribution in [0.2, 0.25) is 0 Å². The zero-order valence-electron chi connectivity index (χ0n) is 8.78. The fourth-order valence-corrected chi connectivity index (χ4v) is 1.30. The van der Waals surface area contributed by atoms with Gasteiger partial charge in [0.25, 0.3) is 0 Å². The summed E-state index contributed by atoms with van der Waals surface area (Å²) in [6.07, 6.45) is -0.588. The van der Waals surface area contributed by atoms with E-state index in [9.17, 15) is 5.11 Å². The largest absolute Gasteiger partial charge is 0.496 e. The SMILES string of the molecule is COCC(O)c1ccc(C)c(OC)c1. The van der Waals surface area contributed by atoms with Gasteiger partial charge in [0, 0.05) is 7.11 Å². The van der Waals surface area contributed by atoms with E-state index in [-0.39, 0.29) is 0 Å². The van der Waals surface area contributed by atoms with Crippen LogP contribution in [0.25, 0.3) is 0 Å². The highest BCUT2D eigenvalue weighted by molar-refractivity contribution is 5.37. The summed E-state index contributed by atoms with van der Waals surface area (Å²) in [4.78, 5) is 0. The van der Waals surface area contributed by atoms with Gasteiger partial charge < -0.3 is 14.6 Å². The zero-order chi connectivity index (χ0) is 10.6. The van der Waals surface area contributed by atoms with E-state index in [0.29, 0.717) is 6.61 Å². The van der Waals surface area contributed by atoms with Gasteiger partial charge in [0.2, 0.25) is 0 Å². The molecular weight excluding hydrogens is 180 g/mol. The first-order valence-electron chi connectivity index (χ1n) is 4.50. The first kappa shape index (κ1) is 11.0. The van der Waals surface area contributed by atoms with E-state index in [1.165, 1.54) is 0 Å². The summed E-state index contributed by atoms with van der Waals surface area (Å²) >= 11 is 0. The highest BCUT2D eigenvalue weighted by atomic mass is 16.5. The van der Waals surface area contributed by atoms with E-state index < -0.39 is 6.10 Å². The highest BCUT2D eigenvalue weighted by Gasteiger charge is 2.08. The highest BCUT2D eigenvalue weighted by Crippen LogP contribution is 2.23. The summed E-state index contributed by atoms with van der Waals surface area (Å²) in [5.74, 6) is 0.789. The zero-order valence-corrected chi connectivity index (χ0v) is 8.78. The third kappa shape index (κ3) is 2.47. The van der Waals surface area contributed by atoms with Crippen LogP contribution in [0.4, 0.5) is 0 Å². The van der Waals surface area contributed by atoms with Crippen LogP contribution >= 0.6 is 0 Å². The van der Waals surface area contributed by atoms with Crippen LogP contribution in [0.3, 0.4) is 0 Å². The molecule has 0 aliphatic rings. The third-order valence-electron chi connectivity index (χ3n) is 2.14. The van der Waals surface area contributed by atoms with Crippen molar-refractivity contribution in [3.05, 3.63) is 29.3 Å². The second-order valence-corrected chi connectivity index (χ2v) is 3.20. The number of hydrogen-bond acceptors (Lipinski definition) is 3. The second kappa shape index (κ2) is 4.98. The van der Waals surface area contributed by atoms with E-state index in [4.69, 9.17) is 9.47 Å². The van der Waals surface area contributed by atoms with Crippen LogP contribution in [-0.2, 0) is 4.74 Å². The van der Waals surface area contributed by atoms with Crippen LogP contribution in [-0.4, -0.2) is 25.9 Å². The van der Waals surface area contributed by atoms with Crippen LogP contribution < -0.4 is 4.74 Å². The molecule has 0 radical (unpaired) electrons. The Morgan fingerprint density at radius 1 is 1.36 bits per heavy atom. The molecule has 3 heteroatoms. The minimum absolute atomic E-state index is 0.298. The van der Waals surface area contributed by atoms with Crippen molar-refractivity contribution in [3.63, 3.8) is 0 Å². The summed E-state index contributed by atoms with van der Waals surface area (Å²) < 4.78 is 10.0. The lowest BCUT2D eigenvalue weighted by Gasteiger charge is -2.12. The van der Waals surface area contributed by atoms with Gasteiger partial charge in [0.05, 0.1) is 13.7 Å². The number of methoxy groups -OCH3 is 2. The third-order valence-corrected chi connectivity index (χ3v) is 2.14. The number of ether oxygens (including phenoxy) is 2. The van der Waals surface area contributed by atoms with Gasteiger partial charge in [-0.2, -0.15) is 0 Å². The summed E-state index contributed by atoms with van der Waals surface area (Å²) in [6, 6.07) is 5.63. The molecule has 14 heavy (non-hydrogen) atoms. The van der Waals surface area contributed by atoms with Crippen LogP contribution in [0.15, 0.2) is 18.2 Å². The van der Waals surface area contributed by atoms with E-state index in [1.54, 1.807) is 14.2 Å². The summed E-state index contributed by atoms with van der Waals surface area (Å²) in [5.41, 5.74) is 1.87. The Kier molecular flexibility index (Phi) is 3.92. The number of aryl methyl sites for hydroxylation is 1. The van der Waals surface area contributed by atoms with E-state index in [0.717, 1.165) is 16.9 Å². The predicted octanol–water partition coefficient (Wildman–Crippen LogP) is 1.68. The van der Waals surface area contributed by atoms with Gasteiger partial charge in [-0.25, -0.2) is 0 Å². The van der Waals surface area contributed by atoms with Crippen molar-refractivity contribution in [2.45, 2.75) is 13.0 Å². The number of hydrogen-bond donors (Lipinski definition) is 1. The molecule has 1 N–H and O–H groups in total. The topological polar surface area (TPSA) is 38.7 Å². The smallest absolute Gasteiger partial charge is 0.122 e. The second-order valence-electron chi connectivity index (χ2n) is 3.20. The number of aliphatic hydroxyl groups excluding tert-OH is 1. The molecule has 1 atom stereocenters. The molecule has 0 amide bonds. The van der Waals surface area contributed by atoms with Crippen molar-refractivity contribution < 1.29 is 14.6 Å². The molecule has 3 nitrogen and oxygen atoms in total. The Balaban J connectivity index is 2.88.